The molecule has 0 radical (unpaired) electrons. The van der Waals surface area contributed by atoms with Gasteiger partial charge in [0, 0.05) is 16.7 Å². The summed E-state index contributed by atoms with van der Waals surface area (Å²) in [5, 5.41) is 0.582. The number of rotatable bonds is 3. The lowest BCUT2D eigenvalue weighted by atomic mass is 10.1. The monoisotopic (exact) mass is 332 g/mol. The van der Waals surface area contributed by atoms with Crippen LogP contribution in [0.1, 0.15) is 15.9 Å². The van der Waals surface area contributed by atoms with E-state index in [1.807, 2.05) is 6.08 Å². The minimum atomic E-state index is -0.884. The molecule has 23 heavy (non-hydrogen) atoms. The molecule has 0 bridgehead atoms. The van der Waals surface area contributed by atoms with Gasteiger partial charge in [-0.25, -0.2) is 8.78 Å². The molecule has 2 nitrogen and oxygen atoms in total. The van der Waals surface area contributed by atoms with Gasteiger partial charge < -0.3 is 4.74 Å². The van der Waals surface area contributed by atoms with Crippen molar-refractivity contribution in [2.45, 2.75) is 0 Å². The van der Waals surface area contributed by atoms with Crippen molar-refractivity contribution in [2.24, 2.45) is 0 Å². The van der Waals surface area contributed by atoms with Gasteiger partial charge in [0.15, 0.2) is 5.78 Å². The van der Waals surface area contributed by atoms with Gasteiger partial charge in [-0.3, -0.25) is 4.79 Å². The highest BCUT2D eigenvalue weighted by atomic mass is 35.5. The zero-order valence-corrected chi connectivity index (χ0v) is 12.6. The molecule has 0 saturated carbocycles. The number of hydrogen-bond acceptors (Lipinski definition) is 2. The standard InChI is InChI=1S/C18H11ClF2O2/c19-13-2-6-18-12(8-13)7-11(10-23-18)1-5-17(22)15-4-3-14(20)9-16(15)21/h1-9H,10H2/b5-1+. The van der Waals surface area contributed by atoms with Gasteiger partial charge in [0.25, 0.3) is 0 Å². The van der Waals surface area contributed by atoms with Crippen LogP contribution in [0.5, 0.6) is 5.75 Å². The van der Waals surface area contributed by atoms with E-state index in [1.54, 1.807) is 24.3 Å². The summed E-state index contributed by atoms with van der Waals surface area (Å²) in [7, 11) is 0. The summed E-state index contributed by atoms with van der Waals surface area (Å²) in [4.78, 5) is 12.0. The molecule has 0 aliphatic carbocycles. The third kappa shape index (κ3) is 3.48. The van der Waals surface area contributed by atoms with Gasteiger partial charge in [0.1, 0.15) is 24.0 Å². The lowest BCUT2D eigenvalue weighted by Crippen LogP contribution is -2.06. The molecule has 116 valence electrons. The molecular formula is C18H11ClF2O2. The summed E-state index contributed by atoms with van der Waals surface area (Å²) in [6.45, 7) is 0.296. The number of ether oxygens (including phenoxy) is 1. The molecule has 0 spiro atoms. The van der Waals surface area contributed by atoms with Gasteiger partial charge in [0.2, 0.25) is 0 Å². The van der Waals surface area contributed by atoms with E-state index in [2.05, 4.69) is 0 Å². The predicted octanol–water partition coefficient (Wildman–Crippen LogP) is 4.83. The van der Waals surface area contributed by atoms with Crippen molar-refractivity contribution in [1.82, 2.24) is 0 Å². The Kier molecular flexibility index (Phi) is 4.26. The van der Waals surface area contributed by atoms with Gasteiger partial charge in [-0.05, 0) is 48.1 Å². The Labute approximate surface area is 136 Å². The van der Waals surface area contributed by atoms with Crippen molar-refractivity contribution in [2.75, 3.05) is 6.61 Å². The fourth-order valence-corrected chi connectivity index (χ4v) is 2.40. The highest BCUT2D eigenvalue weighted by Gasteiger charge is 2.12. The average Bonchev–Trinajstić information content (AvgIpc) is 2.52. The van der Waals surface area contributed by atoms with Crippen LogP contribution in [0.4, 0.5) is 8.78 Å². The van der Waals surface area contributed by atoms with Crippen molar-refractivity contribution < 1.29 is 18.3 Å². The van der Waals surface area contributed by atoms with Crippen LogP contribution in [0.2, 0.25) is 5.02 Å². The number of carbonyl (C=O) groups excluding carboxylic acids is 1. The number of fused-ring (bicyclic) bond motifs is 1. The maximum absolute atomic E-state index is 13.6. The minimum Gasteiger partial charge on any atom is -0.488 e. The Balaban J connectivity index is 1.81. The number of carbonyl (C=O) groups is 1. The van der Waals surface area contributed by atoms with E-state index in [0.717, 1.165) is 23.3 Å². The molecule has 2 aromatic carbocycles. The second kappa shape index (κ2) is 6.34. The molecule has 2 aromatic rings. The van der Waals surface area contributed by atoms with Gasteiger partial charge in [0.05, 0.1) is 5.56 Å². The number of hydrogen-bond donors (Lipinski definition) is 0. The summed E-state index contributed by atoms with van der Waals surface area (Å²) in [6, 6.07) is 8.11. The van der Waals surface area contributed by atoms with Crippen LogP contribution in [-0.4, -0.2) is 12.4 Å². The SMILES string of the molecule is O=C(/C=C/C1=Cc2cc(Cl)ccc2OC1)c1ccc(F)cc1F. The maximum atomic E-state index is 13.6. The molecule has 1 aliphatic heterocycles. The van der Waals surface area contributed by atoms with E-state index in [4.69, 9.17) is 16.3 Å². The first-order chi connectivity index (χ1) is 11.0. The van der Waals surface area contributed by atoms with Crippen LogP contribution in [-0.2, 0) is 0 Å². The second-order valence-electron chi connectivity index (χ2n) is 5.01. The third-order valence-electron chi connectivity index (χ3n) is 3.35. The van der Waals surface area contributed by atoms with Crippen molar-refractivity contribution in [3.63, 3.8) is 0 Å². The quantitative estimate of drug-likeness (QED) is 0.594. The number of allylic oxidation sites excluding steroid dienone is 1. The molecule has 3 rings (SSSR count). The lowest BCUT2D eigenvalue weighted by molar-refractivity contribution is 0.104. The van der Waals surface area contributed by atoms with Crippen LogP contribution in [0, 0.1) is 11.6 Å². The fourth-order valence-electron chi connectivity index (χ4n) is 2.22. The average molecular weight is 333 g/mol. The molecule has 0 amide bonds. The molecule has 0 atom stereocenters. The summed E-state index contributed by atoms with van der Waals surface area (Å²) in [5.41, 5.74) is 1.38. The van der Waals surface area contributed by atoms with Crippen molar-refractivity contribution in [3.05, 3.63) is 81.9 Å². The highest BCUT2D eigenvalue weighted by molar-refractivity contribution is 6.30. The Morgan fingerprint density at radius 1 is 1.17 bits per heavy atom. The third-order valence-corrected chi connectivity index (χ3v) is 3.59. The van der Waals surface area contributed by atoms with E-state index in [0.29, 0.717) is 23.4 Å². The summed E-state index contributed by atoms with van der Waals surface area (Å²) in [5.74, 6) is -1.44. The fraction of sp³-hybridized carbons (Fsp3) is 0.0556. The molecule has 0 aromatic heterocycles. The summed E-state index contributed by atoms with van der Waals surface area (Å²) >= 11 is 5.93. The van der Waals surface area contributed by atoms with Crippen LogP contribution in [0.25, 0.3) is 6.08 Å². The summed E-state index contributed by atoms with van der Waals surface area (Å²) in [6.07, 6.45) is 4.63. The first-order valence-electron chi connectivity index (χ1n) is 6.83. The van der Waals surface area contributed by atoms with Crippen LogP contribution < -0.4 is 4.74 Å². The highest BCUT2D eigenvalue weighted by Crippen LogP contribution is 2.29. The Bertz CT molecular complexity index is 841. The van der Waals surface area contributed by atoms with E-state index >= 15 is 0 Å². The normalized spacial score (nSPS) is 13.4. The summed E-state index contributed by atoms with van der Waals surface area (Å²) < 4.78 is 32.0. The molecule has 0 saturated heterocycles. The van der Waals surface area contributed by atoms with E-state index in [-0.39, 0.29) is 5.56 Å². The van der Waals surface area contributed by atoms with Crippen molar-refractivity contribution >= 4 is 23.5 Å². The van der Waals surface area contributed by atoms with E-state index < -0.39 is 17.4 Å². The van der Waals surface area contributed by atoms with Crippen LogP contribution in [0.3, 0.4) is 0 Å². The van der Waals surface area contributed by atoms with Crippen molar-refractivity contribution in [1.29, 1.82) is 0 Å². The molecular weight excluding hydrogens is 322 g/mol. The zero-order valence-electron chi connectivity index (χ0n) is 11.9. The lowest BCUT2D eigenvalue weighted by Gasteiger charge is -2.16. The van der Waals surface area contributed by atoms with Gasteiger partial charge in [-0.15, -0.1) is 0 Å². The molecule has 0 N–H and O–H groups in total. The maximum Gasteiger partial charge on any atom is 0.188 e. The smallest absolute Gasteiger partial charge is 0.188 e. The molecule has 1 aliphatic rings. The van der Waals surface area contributed by atoms with E-state index in [9.17, 15) is 13.6 Å². The molecule has 5 heteroatoms. The van der Waals surface area contributed by atoms with Crippen LogP contribution in [0.15, 0.2) is 54.1 Å². The predicted molar refractivity (Wildman–Crippen MR) is 84.8 cm³/mol. The number of benzene rings is 2. The first kappa shape index (κ1) is 15.4. The largest absolute Gasteiger partial charge is 0.488 e. The zero-order chi connectivity index (χ0) is 16.4. The second-order valence-corrected chi connectivity index (χ2v) is 5.45. The molecule has 0 fully saturated rings. The van der Waals surface area contributed by atoms with Crippen molar-refractivity contribution in [3.8, 4) is 5.75 Å². The topological polar surface area (TPSA) is 26.3 Å². The van der Waals surface area contributed by atoms with Gasteiger partial charge in [-0.1, -0.05) is 17.7 Å². The van der Waals surface area contributed by atoms with Crippen LogP contribution >= 0.6 is 11.6 Å². The Hall–Kier alpha value is -2.46. The molecule has 0 unspecified atom stereocenters. The minimum absolute atomic E-state index is 0.177. The first-order valence-corrected chi connectivity index (χ1v) is 7.21. The van der Waals surface area contributed by atoms with Gasteiger partial charge in [-0.2, -0.15) is 0 Å². The Morgan fingerprint density at radius 3 is 2.78 bits per heavy atom. The van der Waals surface area contributed by atoms with E-state index in [1.165, 1.54) is 6.08 Å². The Morgan fingerprint density at radius 2 is 2.00 bits per heavy atom. The van der Waals surface area contributed by atoms with Gasteiger partial charge >= 0.3 is 0 Å². The molecule has 1 heterocycles. The number of ketones is 1. The number of halogens is 3.